The molecule has 0 aliphatic carbocycles. The van der Waals surface area contributed by atoms with Gasteiger partial charge in [-0.1, -0.05) is 12.1 Å². The van der Waals surface area contributed by atoms with Crippen molar-refractivity contribution in [2.75, 3.05) is 39.3 Å². The normalized spacial score (nSPS) is 25.6. The van der Waals surface area contributed by atoms with Crippen LogP contribution in [0.25, 0.3) is 0 Å². The van der Waals surface area contributed by atoms with Crippen molar-refractivity contribution in [1.29, 1.82) is 0 Å². The van der Waals surface area contributed by atoms with Gasteiger partial charge in [0.15, 0.2) is 0 Å². The molecular formula is C17H24F3N3OS+2. The number of quaternary nitrogens is 2. The van der Waals surface area contributed by atoms with Gasteiger partial charge < -0.3 is 15.1 Å². The summed E-state index contributed by atoms with van der Waals surface area (Å²) in [6.45, 7) is 7.58. The lowest BCUT2D eigenvalue weighted by molar-refractivity contribution is -0.946. The number of halogens is 3. The van der Waals surface area contributed by atoms with Crippen molar-refractivity contribution < 1.29 is 28.2 Å². The number of hydrogen-bond acceptors (Lipinski definition) is 2. The third kappa shape index (κ3) is 4.30. The number of piperazine rings is 1. The summed E-state index contributed by atoms with van der Waals surface area (Å²) in [6.07, 6.45) is -4.37. The molecule has 1 aromatic rings. The van der Waals surface area contributed by atoms with E-state index in [9.17, 15) is 18.0 Å². The number of amides is 1. The highest BCUT2D eigenvalue weighted by Gasteiger charge is 2.40. The molecule has 2 atom stereocenters. The fourth-order valence-corrected chi connectivity index (χ4v) is 4.74. The third-order valence-electron chi connectivity index (χ3n) is 4.86. The Hall–Kier alpha value is -1.25. The molecule has 0 radical (unpaired) electrons. The number of carbonyl (C=O) groups excluding carboxylic acids is 1. The van der Waals surface area contributed by atoms with Crippen molar-refractivity contribution in [1.82, 2.24) is 4.90 Å². The maximum Gasteiger partial charge on any atom is 0.416 e. The fraction of sp³-hybridized carbons (Fsp3) is 0.588. The SMILES string of the molecule is C[C@@H]1S[C@H](c2cccc(C(F)(F)F)c2)N(CC[NH+]2CC[NH2+]CC2)C1=O. The Balaban J connectivity index is 1.75. The summed E-state index contributed by atoms with van der Waals surface area (Å²) in [7, 11) is 0. The highest BCUT2D eigenvalue weighted by atomic mass is 32.2. The summed E-state index contributed by atoms with van der Waals surface area (Å²) < 4.78 is 39.0. The smallest absolute Gasteiger partial charge is 0.337 e. The zero-order valence-corrected chi connectivity index (χ0v) is 15.0. The lowest BCUT2D eigenvalue weighted by atomic mass is 10.1. The maximum atomic E-state index is 13.0. The number of nitrogens with one attached hydrogen (secondary N) is 1. The molecule has 2 saturated heterocycles. The molecule has 2 aliphatic rings. The molecule has 2 aliphatic heterocycles. The van der Waals surface area contributed by atoms with E-state index in [2.05, 4.69) is 5.32 Å². The first-order chi connectivity index (χ1) is 11.9. The molecule has 0 saturated carbocycles. The molecule has 4 nitrogen and oxygen atoms in total. The van der Waals surface area contributed by atoms with Crippen molar-refractivity contribution in [2.24, 2.45) is 0 Å². The molecule has 2 heterocycles. The fourth-order valence-electron chi connectivity index (χ4n) is 3.44. The molecule has 2 fully saturated rings. The van der Waals surface area contributed by atoms with Crippen LogP contribution in [-0.2, 0) is 11.0 Å². The lowest BCUT2D eigenvalue weighted by Gasteiger charge is -2.28. The summed E-state index contributed by atoms with van der Waals surface area (Å²) in [5.41, 5.74) is -0.103. The minimum Gasteiger partial charge on any atom is -0.337 e. The minimum absolute atomic E-state index is 0.0235. The number of benzene rings is 1. The Kier molecular flexibility index (Phi) is 5.60. The summed E-state index contributed by atoms with van der Waals surface area (Å²) in [4.78, 5) is 15.7. The van der Waals surface area contributed by atoms with Gasteiger partial charge in [0.1, 0.15) is 31.6 Å². The quantitative estimate of drug-likeness (QED) is 0.786. The van der Waals surface area contributed by atoms with E-state index < -0.39 is 11.7 Å². The molecule has 0 spiro atoms. The highest BCUT2D eigenvalue weighted by molar-refractivity contribution is 8.01. The van der Waals surface area contributed by atoms with Crippen molar-refractivity contribution in [3.05, 3.63) is 35.4 Å². The van der Waals surface area contributed by atoms with Gasteiger partial charge in [0.25, 0.3) is 0 Å². The van der Waals surface area contributed by atoms with E-state index in [1.807, 2.05) is 6.92 Å². The van der Waals surface area contributed by atoms with Crippen LogP contribution in [0.3, 0.4) is 0 Å². The second kappa shape index (κ2) is 7.55. The van der Waals surface area contributed by atoms with Crippen molar-refractivity contribution in [2.45, 2.75) is 23.7 Å². The van der Waals surface area contributed by atoms with Crippen LogP contribution in [0.5, 0.6) is 0 Å². The van der Waals surface area contributed by atoms with Crippen LogP contribution >= 0.6 is 11.8 Å². The van der Waals surface area contributed by atoms with E-state index in [1.54, 1.807) is 11.0 Å². The number of nitrogens with zero attached hydrogens (tertiary/aromatic N) is 1. The molecular weight excluding hydrogens is 351 g/mol. The van der Waals surface area contributed by atoms with Crippen LogP contribution in [0.2, 0.25) is 0 Å². The van der Waals surface area contributed by atoms with E-state index in [-0.39, 0.29) is 16.5 Å². The van der Waals surface area contributed by atoms with Crippen LogP contribution in [0, 0.1) is 0 Å². The number of rotatable bonds is 4. The third-order valence-corrected chi connectivity index (χ3v) is 6.25. The molecule has 3 rings (SSSR count). The largest absolute Gasteiger partial charge is 0.416 e. The van der Waals surface area contributed by atoms with E-state index in [4.69, 9.17) is 0 Å². The van der Waals surface area contributed by atoms with E-state index in [1.165, 1.54) is 28.8 Å². The van der Waals surface area contributed by atoms with Gasteiger partial charge in [-0.3, -0.25) is 4.79 Å². The molecule has 0 bridgehead atoms. The Bertz CT molecular complexity index is 619. The average Bonchev–Trinajstić information content (AvgIpc) is 2.88. The van der Waals surface area contributed by atoms with Crippen LogP contribution in [0.1, 0.15) is 23.4 Å². The summed E-state index contributed by atoms with van der Waals surface area (Å²) in [5, 5.41) is 1.73. The standard InChI is InChI=1S/C17H22F3N3OS/c1-12-15(24)23(10-9-22-7-5-21-6-8-22)16(25-12)13-3-2-4-14(11-13)17(18,19)20/h2-4,11-12,16,21H,5-10H2,1H3/p+2/t12-,16+/m0/s1. The monoisotopic (exact) mass is 375 g/mol. The van der Waals surface area contributed by atoms with Gasteiger partial charge in [0, 0.05) is 0 Å². The second-order valence-electron chi connectivity index (χ2n) is 6.65. The van der Waals surface area contributed by atoms with Crippen LogP contribution in [0.15, 0.2) is 24.3 Å². The first-order valence-corrected chi connectivity index (χ1v) is 9.59. The van der Waals surface area contributed by atoms with Gasteiger partial charge in [-0.05, 0) is 24.6 Å². The van der Waals surface area contributed by atoms with E-state index in [0.717, 1.165) is 38.8 Å². The molecule has 25 heavy (non-hydrogen) atoms. The van der Waals surface area contributed by atoms with Crippen molar-refractivity contribution >= 4 is 17.7 Å². The Morgan fingerprint density at radius 3 is 2.72 bits per heavy atom. The Morgan fingerprint density at radius 1 is 1.32 bits per heavy atom. The Labute approximate surface area is 149 Å². The van der Waals surface area contributed by atoms with Gasteiger partial charge in [0.2, 0.25) is 5.91 Å². The molecule has 8 heteroatoms. The van der Waals surface area contributed by atoms with E-state index >= 15 is 0 Å². The van der Waals surface area contributed by atoms with Gasteiger partial charge in [-0.25, -0.2) is 0 Å². The van der Waals surface area contributed by atoms with Crippen molar-refractivity contribution in [3.63, 3.8) is 0 Å². The van der Waals surface area contributed by atoms with Crippen LogP contribution < -0.4 is 10.2 Å². The molecule has 0 unspecified atom stereocenters. The summed E-state index contributed by atoms with van der Waals surface area (Å²) in [6, 6.07) is 5.37. The van der Waals surface area contributed by atoms with Gasteiger partial charge in [-0.15, -0.1) is 11.8 Å². The summed E-state index contributed by atoms with van der Waals surface area (Å²) in [5.74, 6) is 0.0235. The predicted molar refractivity (Wildman–Crippen MR) is 90.2 cm³/mol. The highest BCUT2D eigenvalue weighted by Crippen LogP contribution is 2.43. The Morgan fingerprint density at radius 2 is 2.04 bits per heavy atom. The van der Waals surface area contributed by atoms with Gasteiger partial charge in [0.05, 0.1) is 23.9 Å². The minimum atomic E-state index is -4.37. The average molecular weight is 375 g/mol. The van der Waals surface area contributed by atoms with E-state index in [0.29, 0.717) is 12.1 Å². The van der Waals surface area contributed by atoms with Gasteiger partial charge >= 0.3 is 6.18 Å². The van der Waals surface area contributed by atoms with Crippen molar-refractivity contribution in [3.8, 4) is 0 Å². The predicted octanol–water partition coefficient (Wildman–Crippen LogP) is 0.130. The molecule has 0 aromatic heterocycles. The number of alkyl halides is 3. The number of carbonyl (C=O) groups is 1. The second-order valence-corrected chi connectivity index (χ2v) is 8.08. The first-order valence-electron chi connectivity index (χ1n) is 8.64. The number of thioether (sulfide) groups is 1. The van der Waals surface area contributed by atoms with Crippen LogP contribution in [0.4, 0.5) is 13.2 Å². The lowest BCUT2D eigenvalue weighted by Crippen LogP contribution is -3.20. The van der Waals surface area contributed by atoms with Crippen LogP contribution in [-0.4, -0.2) is 55.3 Å². The topological polar surface area (TPSA) is 41.4 Å². The first kappa shape index (κ1) is 18.5. The molecule has 138 valence electrons. The number of hydrogen-bond donors (Lipinski definition) is 2. The zero-order chi connectivity index (χ0) is 18.0. The molecule has 1 amide bonds. The summed E-state index contributed by atoms with van der Waals surface area (Å²) >= 11 is 1.43. The number of nitrogens with two attached hydrogens (primary N) is 1. The maximum absolute atomic E-state index is 13.0. The van der Waals surface area contributed by atoms with Gasteiger partial charge in [-0.2, -0.15) is 13.2 Å². The zero-order valence-electron chi connectivity index (χ0n) is 14.2. The molecule has 3 N–H and O–H groups in total. The molecule has 1 aromatic carbocycles.